The molecule has 132 valence electrons. The van der Waals surface area contributed by atoms with Crippen molar-refractivity contribution in [3.63, 3.8) is 0 Å². The van der Waals surface area contributed by atoms with Crippen LogP contribution in [0.25, 0.3) is 0 Å². The lowest BCUT2D eigenvalue weighted by Gasteiger charge is -2.09. The largest absolute Gasteiger partial charge is 0.487 e. The van der Waals surface area contributed by atoms with Crippen molar-refractivity contribution in [2.24, 2.45) is 0 Å². The summed E-state index contributed by atoms with van der Waals surface area (Å²) in [5.74, 6) is 1.02. The summed E-state index contributed by atoms with van der Waals surface area (Å²) in [5, 5.41) is 2.91. The zero-order valence-electron chi connectivity index (χ0n) is 14.5. The Kier molecular flexibility index (Phi) is 6.28. The van der Waals surface area contributed by atoms with Gasteiger partial charge in [0.15, 0.2) is 0 Å². The highest BCUT2D eigenvalue weighted by Crippen LogP contribution is 2.23. The Labute approximate surface area is 157 Å². The number of aromatic nitrogens is 1. The van der Waals surface area contributed by atoms with Gasteiger partial charge in [0.25, 0.3) is 0 Å². The van der Waals surface area contributed by atoms with Crippen molar-refractivity contribution < 1.29 is 9.53 Å². The number of thioether (sulfide) groups is 1. The van der Waals surface area contributed by atoms with Crippen LogP contribution < -0.4 is 10.1 Å². The number of benzene rings is 2. The number of anilines is 1. The summed E-state index contributed by atoms with van der Waals surface area (Å²) < 4.78 is 5.74. The molecule has 0 aliphatic heterocycles. The molecule has 0 aliphatic carbocycles. The van der Waals surface area contributed by atoms with E-state index >= 15 is 0 Å². The molecule has 3 rings (SSSR count). The molecule has 1 aromatic heterocycles. The predicted octanol–water partition coefficient (Wildman–Crippen LogP) is 4.70. The number of carbonyl (C=O) groups is 1. The maximum absolute atomic E-state index is 12.2. The number of amides is 1. The molecule has 0 saturated carbocycles. The highest BCUT2D eigenvalue weighted by atomic mass is 32.2. The summed E-state index contributed by atoms with van der Waals surface area (Å²) >= 11 is 1.53. The first kappa shape index (κ1) is 18.0. The van der Waals surface area contributed by atoms with Crippen LogP contribution in [-0.2, 0) is 11.4 Å². The standard InChI is InChI=1S/C21H20N2O2S/c1-16-7-2-3-11-20(16)26-15-21(24)23-17-9-6-10-19(13-17)25-14-18-8-4-5-12-22-18/h2-13H,14-15H2,1H3,(H,23,24). The van der Waals surface area contributed by atoms with E-state index in [4.69, 9.17) is 4.74 Å². The maximum Gasteiger partial charge on any atom is 0.234 e. The van der Waals surface area contributed by atoms with Gasteiger partial charge in [-0.15, -0.1) is 11.8 Å². The average Bonchev–Trinajstić information content (AvgIpc) is 2.67. The predicted molar refractivity (Wildman–Crippen MR) is 106 cm³/mol. The first-order valence-corrected chi connectivity index (χ1v) is 9.30. The van der Waals surface area contributed by atoms with E-state index in [0.717, 1.165) is 16.3 Å². The number of carbonyl (C=O) groups excluding carboxylic acids is 1. The molecular weight excluding hydrogens is 344 g/mol. The van der Waals surface area contributed by atoms with Crippen molar-refractivity contribution in [2.45, 2.75) is 18.4 Å². The normalized spacial score (nSPS) is 10.3. The zero-order chi connectivity index (χ0) is 18.2. The number of rotatable bonds is 7. The van der Waals surface area contributed by atoms with Crippen LogP contribution in [0.4, 0.5) is 5.69 Å². The fourth-order valence-electron chi connectivity index (χ4n) is 2.36. The number of hydrogen-bond acceptors (Lipinski definition) is 4. The van der Waals surface area contributed by atoms with E-state index in [1.54, 1.807) is 6.20 Å². The summed E-state index contributed by atoms with van der Waals surface area (Å²) in [6.07, 6.45) is 1.74. The molecule has 3 aromatic rings. The van der Waals surface area contributed by atoms with Gasteiger partial charge >= 0.3 is 0 Å². The van der Waals surface area contributed by atoms with Crippen LogP contribution >= 0.6 is 11.8 Å². The van der Waals surface area contributed by atoms with Gasteiger partial charge in [-0.3, -0.25) is 9.78 Å². The lowest BCUT2D eigenvalue weighted by Crippen LogP contribution is -2.14. The second-order valence-electron chi connectivity index (χ2n) is 5.74. The van der Waals surface area contributed by atoms with Gasteiger partial charge in [-0.25, -0.2) is 0 Å². The minimum absolute atomic E-state index is 0.0415. The van der Waals surface area contributed by atoms with E-state index in [1.807, 2.05) is 73.7 Å². The molecule has 0 spiro atoms. The Morgan fingerprint density at radius 2 is 1.92 bits per heavy atom. The maximum atomic E-state index is 12.2. The molecule has 0 atom stereocenters. The monoisotopic (exact) mass is 364 g/mol. The number of aryl methyl sites for hydroxylation is 1. The molecule has 4 nitrogen and oxygen atoms in total. The van der Waals surface area contributed by atoms with E-state index in [2.05, 4.69) is 10.3 Å². The minimum Gasteiger partial charge on any atom is -0.487 e. The van der Waals surface area contributed by atoms with Gasteiger partial charge in [0.2, 0.25) is 5.91 Å². The molecule has 0 radical (unpaired) electrons. The van der Waals surface area contributed by atoms with Crippen molar-refractivity contribution in [1.82, 2.24) is 4.98 Å². The quantitative estimate of drug-likeness (QED) is 0.618. The average molecular weight is 364 g/mol. The van der Waals surface area contributed by atoms with Crippen molar-refractivity contribution in [3.8, 4) is 5.75 Å². The van der Waals surface area contributed by atoms with E-state index < -0.39 is 0 Å². The molecule has 26 heavy (non-hydrogen) atoms. The third kappa shape index (κ3) is 5.36. The van der Waals surface area contributed by atoms with Crippen LogP contribution in [0.2, 0.25) is 0 Å². The lowest BCUT2D eigenvalue weighted by atomic mass is 10.2. The third-order valence-corrected chi connectivity index (χ3v) is 4.86. The van der Waals surface area contributed by atoms with Crippen LogP contribution in [0.3, 0.4) is 0 Å². The number of ether oxygens (including phenoxy) is 1. The molecule has 0 bridgehead atoms. The molecule has 0 saturated heterocycles. The Bertz CT molecular complexity index is 869. The number of nitrogens with zero attached hydrogens (tertiary/aromatic N) is 1. The molecule has 2 aromatic carbocycles. The van der Waals surface area contributed by atoms with Gasteiger partial charge in [-0.05, 0) is 42.8 Å². The van der Waals surface area contributed by atoms with Gasteiger partial charge in [-0.2, -0.15) is 0 Å². The smallest absolute Gasteiger partial charge is 0.234 e. The molecule has 1 amide bonds. The van der Waals surface area contributed by atoms with Crippen LogP contribution in [0, 0.1) is 6.92 Å². The van der Waals surface area contributed by atoms with E-state index in [0.29, 0.717) is 18.1 Å². The highest BCUT2D eigenvalue weighted by molar-refractivity contribution is 8.00. The van der Waals surface area contributed by atoms with Gasteiger partial charge in [0.05, 0.1) is 11.4 Å². The first-order chi connectivity index (χ1) is 12.7. The first-order valence-electron chi connectivity index (χ1n) is 8.32. The summed E-state index contributed by atoms with van der Waals surface area (Å²) in [5.41, 5.74) is 2.76. The van der Waals surface area contributed by atoms with Gasteiger partial charge in [0.1, 0.15) is 12.4 Å². The van der Waals surface area contributed by atoms with Crippen LogP contribution in [0.1, 0.15) is 11.3 Å². The van der Waals surface area contributed by atoms with Crippen molar-refractivity contribution in [1.29, 1.82) is 0 Å². The second kappa shape index (κ2) is 9.06. The van der Waals surface area contributed by atoms with E-state index in [9.17, 15) is 4.79 Å². The Hall–Kier alpha value is -2.79. The summed E-state index contributed by atoms with van der Waals surface area (Å²) in [6, 6.07) is 21.1. The number of nitrogens with one attached hydrogen (secondary N) is 1. The van der Waals surface area contributed by atoms with Crippen molar-refractivity contribution >= 4 is 23.4 Å². The van der Waals surface area contributed by atoms with Gasteiger partial charge in [-0.1, -0.05) is 30.3 Å². The fraction of sp³-hybridized carbons (Fsp3) is 0.143. The molecule has 0 unspecified atom stereocenters. The molecule has 1 N–H and O–H groups in total. The van der Waals surface area contributed by atoms with Crippen LogP contribution in [-0.4, -0.2) is 16.6 Å². The molecule has 0 aliphatic rings. The zero-order valence-corrected chi connectivity index (χ0v) is 15.3. The summed E-state index contributed by atoms with van der Waals surface area (Å²) in [7, 11) is 0. The Morgan fingerprint density at radius 1 is 1.08 bits per heavy atom. The van der Waals surface area contributed by atoms with Crippen molar-refractivity contribution in [2.75, 3.05) is 11.1 Å². The van der Waals surface area contributed by atoms with Crippen LogP contribution in [0.5, 0.6) is 5.75 Å². The number of hydrogen-bond donors (Lipinski definition) is 1. The van der Waals surface area contributed by atoms with E-state index in [1.165, 1.54) is 17.3 Å². The van der Waals surface area contributed by atoms with Gasteiger partial charge in [0, 0.05) is 22.8 Å². The fourth-order valence-corrected chi connectivity index (χ4v) is 3.19. The lowest BCUT2D eigenvalue weighted by molar-refractivity contribution is -0.113. The molecule has 1 heterocycles. The highest BCUT2D eigenvalue weighted by Gasteiger charge is 2.06. The van der Waals surface area contributed by atoms with Gasteiger partial charge < -0.3 is 10.1 Å². The molecule has 0 fully saturated rings. The summed E-state index contributed by atoms with van der Waals surface area (Å²) in [6.45, 7) is 2.43. The minimum atomic E-state index is -0.0415. The Morgan fingerprint density at radius 3 is 2.73 bits per heavy atom. The Balaban J connectivity index is 1.53. The molecule has 5 heteroatoms. The third-order valence-electron chi connectivity index (χ3n) is 3.68. The van der Waals surface area contributed by atoms with E-state index in [-0.39, 0.29) is 5.91 Å². The molecular formula is C21H20N2O2S. The second-order valence-corrected chi connectivity index (χ2v) is 6.76. The van der Waals surface area contributed by atoms with Crippen LogP contribution in [0.15, 0.2) is 77.8 Å². The SMILES string of the molecule is Cc1ccccc1SCC(=O)Nc1cccc(OCc2ccccn2)c1. The number of pyridine rings is 1. The topological polar surface area (TPSA) is 51.2 Å². The summed E-state index contributed by atoms with van der Waals surface area (Å²) in [4.78, 5) is 17.6. The van der Waals surface area contributed by atoms with Crippen molar-refractivity contribution in [3.05, 3.63) is 84.2 Å².